The lowest BCUT2D eigenvalue weighted by atomic mass is 10.2. The predicted molar refractivity (Wildman–Crippen MR) is 87.7 cm³/mol. The van der Waals surface area contributed by atoms with E-state index in [0.717, 1.165) is 12.1 Å². The van der Waals surface area contributed by atoms with Crippen LogP contribution in [0.25, 0.3) is 6.08 Å². The Hall–Kier alpha value is -3.49. The Morgan fingerprint density at radius 3 is 2.52 bits per heavy atom. The zero-order valence-electron chi connectivity index (χ0n) is 13.6. The third-order valence-corrected chi connectivity index (χ3v) is 3.31. The molecule has 0 atom stereocenters. The Labute approximate surface area is 151 Å². The van der Waals surface area contributed by atoms with E-state index >= 15 is 0 Å². The molecule has 0 bridgehead atoms. The van der Waals surface area contributed by atoms with E-state index in [2.05, 4.69) is 14.8 Å². The molecule has 2 aromatic rings. The number of halogens is 3. The van der Waals surface area contributed by atoms with E-state index in [0.29, 0.717) is 5.56 Å². The molecule has 0 saturated carbocycles. The Morgan fingerprint density at radius 2 is 1.78 bits per heavy atom. The number of ether oxygens (including phenoxy) is 3. The molecular formula is C18H12F3NO5. The average molecular weight is 379 g/mol. The Kier molecular flexibility index (Phi) is 5.02. The highest BCUT2D eigenvalue weighted by molar-refractivity contribution is 5.94. The maximum absolute atomic E-state index is 12.9. The molecule has 2 aromatic carbocycles. The summed E-state index contributed by atoms with van der Waals surface area (Å²) in [4.78, 5) is 23.4. The van der Waals surface area contributed by atoms with Crippen LogP contribution in [-0.2, 0) is 14.3 Å². The van der Waals surface area contributed by atoms with Crippen molar-refractivity contribution in [3.05, 3.63) is 59.9 Å². The summed E-state index contributed by atoms with van der Waals surface area (Å²) in [5.74, 6) is -2.24. The van der Waals surface area contributed by atoms with Gasteiger partial charge in [-0.1, -0.05) is 12.1 Å². The van der Waals surface area contributed by atoms with Gasteiger partial charge in [0.05, 0.1) is 0 Å². The van der Waals surface area contributed by atoms with Crippen LogP contribution in [0, 0.1) is 5.82 Å². The monoisotopic (exact) mass is 379 g/mol. The van der Waals surface area contributed by atoms with Gasteiger partial charge in [-0.05, 0) is 35.9 Å². The number of anilines is 1. The summed E-state index contributed by atoms with van der Waals surface area (Å²) < 4.78 is 51.9. The Morgan fingerprint density at radius 1 is 1.07 bits per heavy atom. The van der Waals surface area contributed by atoms with Crippen molar-refractivity contribution in [2.75, 3.05) is 11.9 Å². The number of alkyl halides is 2. The lowest BCUT2D eigenvalue weighted by Crippen LogP contribution is -2.25. The summed E-state index contributed by atoms with van der Waals surface area (Å²) in [5.41, 5.74) is 0.743. The van der Waals surface area contributed by atoms with Crippen LogP contribution in [0.5, 0.6) is 11.5 Å². The van der Waals surface area contributed by atoms with Gasteiger partial charge in [0.15, 0.2) is 18.1 Å². The minimum atomic E-state index is -3.75. The van der Waals surface area contributed by atoms with Crippen LogP contribution in [0.2, 0.25) is 0 Å². The van der Waals surface area contributed by atoms with Crippen molar-refractivity contribution in [2.45, 2.75) is 6.29 Å². The van der Waals surface area contributed by atoms with E-state index in [9.17, 15) is 22.8 Å². The average Bonchev–Trinajstić information content (AvgIpc) is 2.92. The molecule has 1 heterocycles. The first-order chi connectivity index (χ1) is 12.8. The second-order valence-corrected chi connectivity index (χ2v) is 5.37. The number of amides is 1. The molecule has 0 unspecified atom stereocenters. The van der Waals surface area contributed by atoms with Crippen molar-refractivity contribution in [1.29, 1.82) is 0 Å². The van der Waals surface area contributed by atoms with E-state index < -0.39 is 30.6 Å². The maximum Gasteiger partial charge on any atom is 0.586 e. The van der Waals surface area contributed by atoms with E-state index in [1.54, 1.807) is 0 Å². The van der Waals surface area contributed by atoms with Crippen molar-refractivity contribution >= 4 is 23.6 Å². The highest BCUT2D eigenvalue weighted by Crippen LogP contribution is 2.42. The van der Waals surface area contributed by atoms with Gasteiger partial charge in [0, 0.05) is 17.8 Å². The van der Waals surface area contributed by atoms with Gasteiger partial charge in [-0.3, -0.25) is 4.79 Å². The van der Waals surface area contributed by atoms with Gasteiger partial charge < -0.3 is 19.5 Å². The SMILES string of the molecule is O=C(COC(=O)/C=C/c1ccc(F)cc1)Nc1ccc2c(c1)OC(F)(F)O2. The van der Waals surface area contributed by atoms with Crippen LogP contribution in [0.3, 0.4) is 0 Å². The number of rotatable bonds is 5. The summed E-state index contributed by atoms with van der Waals surface area (Å²) in [6, 6.07) is 9.11. The molecule has 0 saturated heterocycles. The van der Waals surface area contributed by atoms with Gasteiger partial charge in [-0.15, -0.1) is 8.78 Å². The summed E-state index contributed by atoms with van der Waals surface area (Å²) in [6.45, 7) is -0.586. The van der Waals surface area contributed by atoms with Crippen molar-refractivity contribution in [2.24, 2.45) is 0 Å². The molecule has 0 spiro atoms. The molecule has 1 aliphatic rings. The minimum Gasteiger partial charge on any atom is -0.452 e. The number of carbonyl (C=O) groups excluding carboxylic acids is 2. The van der Waals surface area contributed by atoms with E-state index in [1.807, 2.05) is 0 Å². The van der Waals surface area contributed by atoms with Gasteiger partial charge in [-0.2, -0.15) is 0 Å². The van der Waals surface area contributed by atoms with Crippen LogP contribution < -0.4 is 14.8 Å². The van der Waals surface area contributed by atoms with Crippen molar-refractivity contribution in [3.63, 3.8) is 0 Å². The van der Waals surface area contributed by atoms with E-state index in [1.165, 1.54) is 42.5 Å². The number of esters is 1. The standard InChI is InChI=1S/C18H12F3NO5/c19-12-4-1-11(2-5-12)3-8-17(24)25-10-16(23)22-13-6-7-14-15(9-13)27-18(20,21)26-14/h1-9H,10H2,(H,22,23)/b8-3+. The fourth-order valence-corrected chi connectivity index (χ4v) is 2.15. The Bertz CT molecular complexity index is 896. The number of benzene rings is 2. The van der Waals surface area contributed by atoms with Crippen molar-refractivity contribution in [1.82, 2.24) is 0 Å². The van der Waals surface area contributed by atoms with E-state index in [-0.39, 0.29) is 17.2 Å². The van der Waals surface area contributed by atoms with Crippen molar-refractivity contribution < 1.29 is 37.0 Å². The van der Waals surface area contributed by atoms with E-state index in [4.69, 9.17) is 4.74 Å². The molecule has 6 nitrogen and oxygen atoms in total. The molecule has 9 heteroatoms. The Balaban J connectivity index is 1.48. The third-order valence-electron chi connectivity index (χ3n) is 3.31. The van der Waals surface area contributed by atoms with Crippen LogP contribution in [0.15, 0.2) is 48.5 Å². The number of fused-ring (bicyclic) bond motifs is 1. The quantitative estimate of drug-likeness (QED) is 0.637. The molecule has 0 aliphatic carbocycles. The highest BCUT2D eigenvalue weighted by atomic mass is 19.3. The molecule has 0 fully saturated rings. The predicted octanol–water partition coefficient (Wildman–Crippen LogP) is 3.34. The normalized spacial score (nSPS) is 14.2. The summed E-state index contributed by atoms with van der Waals surface area (Å²) in [7, 11) is 0. The molecule has 0 radical (unpaired) electrons. The molecule has 1 aliphatic heterocycles. The van der Waals surface area contributed by atoms with Crippen LogP contribution in [0.4, 0.5) is 18.9 Å². The molecule has 0 aromatic heterocycles. The van der Waals surface area contributed by atoms with Crippen LogP contribution in [0.1, 0.15) is 5.56 Å². The lowest BCUT2D eigenvalue weighted by Gasteiger charge is -2.06. The first-order valence-electron chi connectivity index (χ1n) is 7.61. The molecular weight excluding hydrogens is 367 g/mol. The molecule has 140 valence electrons. The van der Waals surface area contributed by atoms with Crippen LogP contribution in [-0.4, -0.2) is 24.8 Å². The first-order valence-corrected chi connectivity index (χ1v) is 7.61. The second-order valence-electron chi connectivity index (χ2n) is 5.37. The number of hydrogen-bond acceptors (Lipinski definition) is 5. The minimum absolute atomic E-state index is 0.157. The topological polar surface area (TPSA) is 73.9 Å². The van der Waals surface area contributed by atoms with Crippen LogP contribution >= 0.6 is 0 Å². The molecule has 1 N–H and O–H groups in total. The fraction of sp³-hybridized carbons (Fsp3) is 0.111. The highest BCUT2D eigenvalue weighted by Gasteiger charge is 2.43. The van der Waals surface area contributed by atoms with Gasteiger partial charge in [0.25, 0.3) is 5.91 Å². The first kappa shape index (κ1) is 18.3. The number of hydrogen-bond donors (Lipinski definition) is 1. The fourth-order valence-electron chi connectivity index (χ4n) is 2.15. The van der Waals surface area contributed by atoms with Gasteiger partial charge in [-0.25, -0.2) is 9.18 Å². The summed E-state index contributed by atoms with van der Waals surface area (Å²) in [6.07, 6.45) is -1.27. The molecule has 1 amide bonds. The van der Waals surface area contributed by atoms with Gasteiger partial charge in [0.1, 0.15) is 5.82 Å². The maximum atomic E-state index is 12.9. The summed E-state index contributed by atoms with van der Waals surface area (Å²) in [5, 5.41) is 2.37. The number of nitrogens with one attached hydrogen (secondary N) is 1. The lowest BCUT2D eigenvalue weighted by molar-refractivity contribution is -0.286. The molecule has 27 heavy (non-hydrogen) atoms. The van der Waals surface area contributed by atoms with Crippen molar-refractivity contribution in [3.8, 4) is 11.5 Å². The molecule has 3 rings (SSSR count). The third kappa shape index (κ3) is 5.00. The largest absolute Gasteiger partial charge is 0.586 e. The zero-order valence-corrected chi connectivity index (χ0v) is 13.6. The summed E-state index contributed by atoms with van der Waals surface area (Å²) >= 11 is 0. The second kappa shape index (κ2) is 7.40. The number of carbonyl (C=O) groups is 2. The van der Waals surface area contributed by atoms with Gasteiger partial charge >= 0.3 is 12.3 Å². The van der Waals surface area contributed by atoms with Gasteiger partial charge in [0.2, 0.25) is 0 Å². The zero-order chi connectivity index (χ0) is 19.4. The smallest absolute Gasteiger partial charge is 0.452 e.